The molecule has 2 rings (SSSR count). The first-order valence-electron chi connectivity index (χ1n) is 6.94. The zero-order valence-electron chi connectivity index (χ0n) is 12.3. The molecule has 5 heteroatoms. The second-order valence-electron chi connectivity index (χ2n) is 4.90. The van der Waals surface area contributed by atoms with E-state index in [1.54, 1.807) is 36.0 Å². The van der Waals surface area contributed by atoms with E-state index in [4.69, 9.17) is 5.73 Å². The van der Waals surface area contributed by atoms with Crippen LogP contribution in [0.5, 0.6) is 0 Å². The summed E-state index contributed by atoms with van der Waals surface area (Å²) in [6.07, 6.45) is 0.427. The van der Waals surface area contributed by atoms with Crippen LogP contribution in [0.2, 0.25) is 0 Å². The highest BCUT2D eigenvalue weighted by Gasteiger charge is 2.04. The van der Waals surface area contributed by atoms with Crippen LogP contribution in [0.1, 0.15) is 22.3 Å². The molecule has 22 heavy (non-hydrogen) atoms. The molecule has 0 spiro atoms. The summed E-state index contributed by atoms with van der Waals surface area (Å²) in [5, 5.41) is 2.80. The summed E-state index contributed by atoms with van der Waals surface area (Å²) in [4.78, 5) is 24.0. The van der Waals surface area contributed by atoms with Crippen LogP contribution in [-0.4, -0.2) is 17.6 Å². The Morgan fingerprint density at radius 3 is 2.27 bits per heavy atom. The first-order chi connectivity index (χ1) is 10.5. The number of hydrogen-bond donors (Lipinski definition) is 2. The molecular formula is C17H18N2O2S. The van der Waals surface area contributed by atoms with Crippen molar-refractivity contribution in [2.24, 2.45) is 5.73 Å². The number of thioether (sulfide) groups is 1. The minimum Gasteiger partial charge on any atom is -0.366 e. The molecule has 0 saturated carbocycles. The van der Waals surface area contributed by atoms with Gasteiger partial charge in [0.25, 0.3) is 0 Å². The van der Waals surface area contributed by atoms with Gasteiger partial charge >= 0.3 is 0 Å². The number of primary amides is 1. The lowest BCUT2D eigenvalue weighted by Crippen LogP contribution is -2.13. The number of benzene rings is 2. The maximum atomic E-state index is 11.9. The molecule has 0 aliphatic heterocycles. The summed E-state index contributed by atoms with van der Waals surface area (Å²) < 4.78 is 0. The van der Waals surface area contributed by atoms with Gasteiger partial charge in [-0.3, -0.25) is 9.59 Å². The average molecular weight is 314 g/mol. The van der Waals surface area contributed by atoms with Crippen molar-refractivity contribution in [3.8, 4) is 0 Å². The molecule has 0 fully saturated rings. The van der Waals surface area contributed by atoms with Crippen molar-refractivity contribution >= 4 is 29.3 Å². The molecule has 0 saturated heterocycles. The molecule has 0 aliphatic carbocycles. The Bertz CT molecular complexity index is 651. The Balaban J connectivity index is 1.77. The van der Waals surface area contributed by atoms with E-state index in [1.807, 2.05) is 6.92 Å². The van der Waals surface area contributed by atoms with Crippen LogP contribution in [0.25, 0.3) is 0 Å². The number of amides is 2. The number of carbonyl (C=O) groups excluding carboxylic acids is 2. The predicted octanol–water partition coefficient (Wildman–Crippen LogP) is 3.21. The van der Waals surface area contributed by atoms with Crippen LogP contribution in [0, 0.1) is 6.92 Å². The first kappa shape index (κ1) is 16.1. The Labute approximate surface area is 134 Å². The van der Waals surface area contributed by atoms with E-state index < -0.39 is 5.91 Å². The van der Waals surface area contributed by atoms with Gasteiger partial charge in [0.05, 0.1) is 0 Å². The SMILES string of the molecule is Cc1ccc(SCCC(=O)Nc2ccc(C(N)=O)cc2)cc1. The highest BCUT2D eigenvalue weighted by molar-refractivity contribution is 7.99. The maximum absolute atomic E-state index is 11.9. The average Bonchev–Trinajstić information content (AvgIpc) is 2.50. The molecule has 2 aromatic carbocycles. The minimum atomic E-state index is -0.479. The van der Waals surface area contributed by atoms with E-state index in [9.17, 15) is 9.59 Å². The van der Waals surface area contributed by atoms with Crippen molar-refractivity contribution in [3.63, 3.8) is 0 Å². The van der Waals surface area contributed by atoms with E-state index in [1.165, 1.54) is 5.56 Å². The highest BCUT2D eigenvalue weighted by Crippen LogP contribution is 2.19. The predicted molar refractivity (Wildman–Crippen MR) is 90.1 cm³/mol. The number of aryl methyl sites for hydroxylation is 1. The van der Waals surface area contributed by atoms with E-state index in [-0.39, 0.29) is 5.91 Å². The third kappa shape index (κ3) is 4.93. The van der Waals surface area contributed by atoms with E-state index in [2.05, 4.69) is 29.6 Å². The molecule has 2 aromatic rings. The minimum absolute atomic E-state index is 0.0496. The molecular weight excluding hydrogens is 296 g/mol. The molecule has 0 atom stereocenters. The molecule has 0 radical (unpaired) electrons. The largest absolute Gasteiger partial charge is 0.366 e. The van der Waals surface area contributed by atoms with E-state index >= 15 is 0 Å². The van der Waals surface area contributed by atoms with Crippen molar-refractivity contribution in [2.45, 2.75) is 18.2 Å². The van der Waals surface area contributed by atoms with Gasteiger partial charge in [-0.2, -0.15) is 0 Å². The van der Waals surface area contributed by atoms with E-state index in [0.717, 1.165) is 4.90 Å². The summed E-state index contributed by atoms with van der Waals surface area (Å²) >= 11 is 1.65. The number of anilines is 1. The summed E-state index contributed by atoms with van der Waals surface area (Å²) in [7, 11) is 0. The van der Waals surface area contributed by atoms with Crippen molar-refractivity contribution in [1.82, 2.24) is 0 Å². The van der Waals surface area contributed by atoms with Crippen LogP contribution < -0.4 is 11.1 Å². The monoisotopic (exact) mass is 314 g/mol. The van der Waals surface area contributed by atoms with Gasteiger partial charge in [-0.25, -0.2) is 0 Å². The zero-order valence-corrected chi connectivity index (χ0v) is 13.2. The number of nitrogens with one attached hydrogen (secondary N) is 1. The lowest BCUT2D eigenvalue weighted by molar-refractivity contribution is -0.115. The fourth-order valence-corrected chi connectivity index (χ4v) is 2.69. The second-order valence-corrected chi connectivity index (χ2v) is 6.07. The van der Waals surface area contributed by atoms with Crippen molar-refractivity contribution in [2.75, 3.05) is 11.1 Å². The van der Waals surface area contributed by atoms with Crippen LogP contribution >= 0.6 is 11.8 Å². The van der Waals surface area contributed by atoms with Crippen molar-refractivity contribution in [1.29, 1.82) is 0 Å². The quantitative estimate of drug-likeness (QED) is 0.804. The second kappa shape index (κ2) is 7.66. The lowest BCUT2D eigenvalue weighted by atomic mass is 10.2. The van der Waals surface area contributed by atoms with Gasteiger partial charge in [0.1, 0.15) is 0 Å². The Morgan fingerprint density at radius 2 is 1.68 bits per heavy atom. The zero-order chi connectivity index (χ0) is 15.9. The highest BCUT2D eigenvalue weighted by atomic mass is 32.2. The lowest BCUT2D eigenvalue weighted by Gasteiger charge is -2.06. The van der Waals surface area contributed by atoms with E-state index in [0.29, 0.717) is 23.4 Å². The van der Waals surface area contributed by atoms with Crippen LogP contribution in [-0.2, 0) is 4.79 Å². The maximum Gasteiger partial charge on any atom is 0.248 e. The molecule has 4 nitrogen and oxygen atoms in total. The fraction of sp³-hybridized carbons (Fsp3) is 0.176. The number of rotatable bonds is 6. The number of nitrogens with two attached hydrogens (primary N) is 1. The van der Waals surface area contributed by atoms with Gasteiger partial charge in [0.2, 0.25) is 11.8 Å². The summed E-state index contributed by atoms with van der Waals surface area (Å²) in [5.74, 6) is 0.188. The summed E-state index contributed by atoms with van der Waals surface area (Å²) in [5.41, 5.74) is 7.48. The molecule has 2 amide bonds. The number of hydrogen-bond acceptors (Lipinski definition) is 3. The van der Waals surface area contributed by atoms with Gasteiger partial charge in [0.15, 0.2) is 0 Å². The molecule has 114 valence electrons. The van der Waals surface area contributed by atoms with Crippen molar-refractivity contribution in [3.05, 3.63) is 59.7 Å². The molecule has 0 unspecified atom stereocenters. The molecule has 0 heterocycles. The van der Waals surface area contributed by atoms with Crippen LogP contribution in [0.3, 0.4) is 0 Å². The summed E-state index contributed by atoms with van der Waals surface area (Å²) in [6, 6.07) is 14.8. The fourth-order valence-electron chi connectivity index (χ4n) is 1.84. The van der Waals surface area contributed by atoms with Crippen LogP contribution in [0.4, 0.5) is 5.69 Å². The smallest absolute Gasteiger partial charge is 0.248 e. The Hall–Kier alpha value is -2.27. The van der Waals surface area contributed by atoms with Crippen molar-refractivity contribution < 1.29 is 9.59 Å². The van der Waals surface area contributed by atoms with Gasteiger partial charge in [-0.05, 0) is 43.3 Å². The number of carbonyl (C=O) groups is 2. The standard InChI is InChI=1S/C17H18N2O2S/c1-12-2-8-15(9-3-12)22-11-10-16(20)19-14-6-4-13(5-7-14)17(18)21/h2-9H,10-11H2,1H3,(H2,18,21)(H,19,20). The Morgan fingerprint density at radius 1 is 1.05 bits per heavy atom. The third-order valence-electron chi connectivity index (χ3n) is 3.07. The van der Waals surface area contributed by atoms with Gasteiger partial charge in [-0.15, -0.1) is 11.8 Å². The summed E-state index contributed by atoms with van der Waals surface area (Å²) in [6.45, 7) is 2.05. The normalized spacial score (nSPS) is 10.2. The van der Waals surface area contributed by atoms with Crippen LogP contribution in [0.15, 0.2) is 53.4 Å². The van der Waals surface area contributed by atoms with Gasteiger partial charge in [-0.1, -0.05) is 17.7 Å². The first-order valence-corrected chi connectivity index (χ1v) is 7.92. The molecule has 0 bridgehead atoms. The molecule has 3 N–H and O–H groups in total. The van der Waals surface area contributed by atoms with Gasteiger partial charge < -0.3 is 11.1 Å². The Kier molecular flexibility index (Phi) is 5.61. The molecule has 0 aliphatic rings. The van der Waals surface area contributed by atoms with Gasteiger partial charge in [0, 0.05) is 28.3 Å². The topological polar surface area (TPSA) is 72.2 Å². The molecule has 0 aromatic heterocycles. The third-order valence-corrected chi connectivity index (χ3v) is 4.09.